The molecule has 112 valence electrons. The van der Waals surface area contributed by atoms with Crippen molar-refractivity contribution in [1.29, 1.82) is 0 Å². The average Bonchev–Trinajstić information content (AvgIpc) is 3.07. The zero-order chi connectivity index (χ0) is 15.8. The number of aromatic nitrogens is 1. The van der Waals surface area contributed by atoms with Gasteiger partial charge in [0, 0.05) is 12.1 Å². The van der Waals surface area contributed by atoms with E-state index in [9.17, 15) is 9.59 Å². The second-order valence-electron chi connectivity index (χ2n) is 4.84. The van der Waals surface area contributed by atoms with Gasteiger partial charge in [0.1, 0.15) is 17.0 Å². The molecule has 0 amide bonds. The van der Waals surface area contributed by atoms with Crippen molar-refractivity contribution >= 4 is 17.1 Å². The minimum absolute atomic E-state index is 0.106. The Morgan fingerprint density at radius 3 is 2.83 bits per heavy atom. The van der Waals surface area contributed by atoms with Crippen LogP contribution in [0.2, 0.25) is 0 Å². The van der Waals surface area contributed by atoms with Crippen LogP contribution in [-0.2, 0) is 0 Å². The quantitative estimate of drug-likeness (QED) is 0.321. The maximum absolute atomic E-state index is 11.9. The van der Waals surface area contributed by atoms with E-state index in [2.05, 4.69) is 4.98 Å². The number of hydrogen-bond donors (Lipinski definition) is 0. The van der Waals surface area contributed by atoms with Crippen LogP contribution in [0.15, 0.2) is 68.4 Å². The summed E-state index contributed by atoms with van der Waals surface area (Å²) < 4.78 is 15.9. The molecule has 6 heteroatoms. The first-order valence-electron chi connectivity index (χ1n) is 6.79. The van der Waals surface area contributed by atoms with Crippen LogP contribution in [-0.4, -0.2) is 11.0 Å². The zero-order valence-electron chi connectivity index (χ0n) is 11.7. The Morgan fingerprint density at radius 2 is 2.00 bits per heavy atom. The van der Waals surface area contributed by atoms with Crippen molar-refractivity contribution in [2.24, 2.45) is 0 Å². The summed E-state index contributed by atoms with van der Waals surface area (Å²) in [5.74, 6) is 0.168. The summed E-state index contributed by atoms with van der Waals surface area (Å²) in [6.07, 6.45) is 1.39. The van der Waals surface area contributed by atoms with Crippen LogP contribution in [0.5, 0.6) is 5.75 Å². The Morgan fingerprint density at radius 1 is 1.09 bits per heavy atom. The van der Waals surface area contributed by atoms with E-state index in [1.165, 1.54) is 24.5 Å². The van der Waals surface area contributed by atoms with E-state index in [1.807, 2.05) is 0 Å². The first-order valence-corrected chi connectivity index (χ1v) is 6.79. The predicted octanol–water partition coefficient (Wildman–Crippen LogP) is 3.11. The Kier molecular flexibility index (Phi) is 2.94. The van der Waals surface area contributed by atoms with E-state index >= 15 is 0 Å². The summed E-state index contributed by atoms with van der Waals surface area (Å²) in [4.78, 5) is 27.7. The van der Waals surface area contributed by atoms with Gasteiger partial charge >= 0.3 is 5.97 Å². The third-order valence-corrected chi connectivity index (χ3v) is 3.26. The van der Waals surface area contributed by atoms with E-state index in [0.717, 1.165) is 0 Å². The molecule has 0 fully saturated rings. The number of carbonyl (C=O) groups is 1. The summed E-state index contributed by atoms with van der Waals surface area (Å²) in [6, 6.07) is 12.3. The fraction of sp³-hybridized carbons (Fsp3) is 0. The molecule has 23 heavy (non-hydrogen) atoms. The number of fused-ring (bicyclic) bond motifs is 2. The molecule has 2 aliphatic rings. The van der Waals surface area contributed by atoms with Crippen LogP contribution in [0, 0.1) is 0 Å². The Bertz CT molecular complexity index is 1030. The lowest BCUT2D eigenvalue weighted by Gasteiger charge is -2.07. The number of ether oxygens (including phenoxy) is 1. The minimum atomic E-state index is -0.607. The number of benzene rings is 2. The van der Waals surface area contributed by atoms with Gasteiger partial charge in [-0.25, -0.2) is 9.78 Å². The molecule has 0 unspecified atom stereocenters. The van der Waals surface area contributed by atoms with Crippen molar-refractivity contribution in [2.45, 2.75) is 0 Å². The van der Waals surface area contributed by atoms with Crippen molar-refractivity contribution < 1.29 is 18.4 Å². The standard InChI is InChI=1S/C17H9NO5/c19-10-3-5-12-15(8-10)23-16-9-11(4-6-13(16)18-12)22-17(20)14-2-1-7-21-14/h1-9H. The fourth-order valence-corrected chi connectivity index (χ4v) is 2.20. The van der Waals surface area contributed by atoms with Crippen LogP contribution in [0.4, 0.5) is 0 Å². The lowest BCUT2D eigenvalue weighted by atomic mass is 10.2. The molecule has 1 aromatic heterocycles. The maximum Gasteiger partial charge on any atom is 0.379 e. The molecule has 0 atom stereocenters. The highest BCUT2D eigenvalue weighted by molar-refractivity contribution is 5.88. The van der Waals surface area contributed by atoms with Crippen LogP contribution >= 0.6 is 0 Å². The molecule has 1 aliphatic heterocycles. The van der Waals surface area contributed by atoms with Gasteiger partial charge in [-0.15, -0.1) is 0 Å². The topological polar surface area (TPSA) is 82.5 Å². The average molecular weight is 307 g/mol. The Labute approximate surface area is 129 Å². The molecule has 4 rings (SSSR count). The predicted molar refractivity (Wildman–Crippen MR) is 80.6 cm³/mol. The summed E-state index contributed by atoms with van der Waals surface area (Å²) in [7, 11) is 0. The van der Waals surface area contributed by atoms with Crippen LogP contribution < -0.4 is 10.2 Å². The molecule has 2 heterocycles. The molecule has 0 N–H and O–H groups in total. The third-order valence-electron chi connectivity index (χ3n) is 3.26. The second-order valence-corrected chi connectivity index (χ2v) is 4.84. The molecule has 0 radical (unpaired) electrons. The fourth-order valence-electron chi connectivity index (χ4n) is 2.20. The third kappa shape index (κ3) is 2.46. The number of furan rings is 1. The number of rotatable bonds is 2. The molecule has 1 aliphatic carbocycles. The summed E-state index contributed by atoms with van der Waals surface area (Å²) in [5, 5.41) is 0. The van der Waals surface area contributed by atoms with Crippen LogP contribution in [0.3, 0.4) is 0 Å². The largest absolute Gasteiger partial charge is 0.457 e. The smallest absolute Gasteiger partial charge is 0.379 e. The van der Waals surface area contributed by atoms with Gasteiger partial charge in [-0.3, -0.25) is 4.79 Å². The Hall–Kier alpha value is -3.41. The molecular formula is C17H9NO5. The van der Waals surface area contributed by atoms with Gasteiger partial charge < -0.3 is 13.6 Å². The highest BCUT2D eigenvalue weighted by Gasteiger charge is 2.14. The molecule has 2 aromatic rings. The molecule has 0 bridgehead atoms. The van der Waals surface area contributed by atoms with E-state index in [-0.39, 0.29) is 11.2 Å². The Balaban J connectivity index is 1.75. The highest BCUT2D eigenvalue weighted by atomic mass is 16.5. The SMILES string of the molecule is O=C(Oc1ccc2nc3ccc(=O)cc-3oc2c1)c1ccco1. The normalized spacial score (nSPS) is 11.0. The molecule has 0 saturated carbocycles. The van der Waals surface area contributed by atoms with Gasteiger partial charge in [0.25, 0.3) is 0 Å². The van der Waals surface area contributed by atoms with Crippen molar-refractivity contribution in [3.05, 3.63) is 70.8 Å². The first kappa shape index (κ1) is 13.3. The van der Waals surface area contributed by atoms with Crippen molar-refractivity contribution in [1.82, 2.24) is 4.98 Å². The van der Waals surface area contributed by atoms with Crippen LogP contribution in [0.1, 0.15) is 10.6 Å². The van der Waals surface area contributed by atoms with Gasteiger partial charge in [-0.1, -0.05) is 0 Å². The maximum atomic E-state index is 11.9. The van der Waals surface area contributed by atoms with Gasteiger partial charge in [-0.2, -0.15) is 0 Å². The number of nitrogens with zero attached hydrogens (tertiary/aromatic N) is 1. The highest BCUT2D eigenvalue weighted by Crippen LogP contribution is 2.26. The van der Waals surface area contributed by atoms with Gasteiger partial charge in [0.15, 0.2) is 16.8 Å². The molecule has 0 saturated heterocycles. The van der Waals surface area contributed by atoms with Gasteiger partial charge in [0.2, 0.25) is 5.76 Å². The number of hydrogen-bond acceptors (Lipinski definition) is 6. The van der Waals surface area contributed by atoms with Crippen molar-refractivity contribution in [2.75, 3.05) is 0 Å². The zero-order valence-corrected chi connectivity index (χ0v) is 11.7. The summed E-state index contributed by atoms with van der Waals surface area (Å²) >= 11 is 0. The molecular weight excluding hydrogens is 298 g/mol. The number of carbonyl (C=O) groups excluding carboxylic acids is 1. The van der Waals surface area contributed by atoms with E-state index in [0.29, 0.717) is 28.3 Å². The van der Waals surface area contributed by atoms with Gasteiger partial charge in [-0.05, 0) is 36.4 Å². The molecule has 0 spiro atoms. The molecule has 1 aromatic carbocycles. The first-order chi connectivity index (χ1) is 11.2. The molecule has 6 nitrogen and oxygen atoms in total. The lowest BCUT2D eigenvalue weighted by molar-refractivity contribution is 0.0701. The van der Waals surface area contributed by atoms with E-state index < -0.39 is 5.97 Å². The van der Waals surface area contributed by atoms with Crippen molar-refractivity contribution in [3.8, 4) is 17.2 Å². The van der Waals surface area contributed by atoms with E-state index in [1.54, 1.807) is 30.3 Å². The second kappa shape index (κ2) is 5.10. The monoisotopic (exact) mass is 307 g/mol. The van der Waals surface area contributed by atoms with Gasteiger partial charge in [0.05, 0.1) is 6.26 Å². The summed E-state index contributed by atoms with van der Waals surface area (Å²) in [6.45, 7) is 0. The van der Waals surface area contributed by atoms with Crippen LogP contribution in [0.25, 0.3) is 22.6 Å². The number of esters is 1. The lowest BCUT2D eigenvalue weighted by Crippen LogP contribution is -2.07. The van der Waals surface area contributed by atoms with E-state index in [4.69, 9.17) is 13.6 Å². The van der Waals surface area contributed by atoms with Crippen molar-refractivity contribution in [3.63, 3.8) is 0 Å². The minimum Gasteiger partial charge on any atom is -0.457 e. The summed E-state index contributed by atoms with van der Waals surface area (Å²) in [5.41, 5.74) is 1.42.